The van der Waals surface area contributed by atoms with E-state index in [0.717, 1.165) is 0 Å². The highest BCUT2D eigenvalue weighted by Gasteiger charge is 2.52. The van der Waals surface area contributed by atoms with E-state index >= 15 is 0 Å². The van der Waals surface area contributed by atoms with Gasteiger partial charge >= 0.3 is 5.97 Å². The number of rotatable bonds is 1. The van der Waals surface area contributed by atoms with Gasteiger partial charge in [0.05, 0.1) is 6.10 Å². The van der Waals surface area contributed by atoms with Crippen LogP contribution in [0.2, 0.25) is 0 Å². The third-order valence-electron chi connectivity index (χ3n) is 3.41. The van der Waals surface area contributed by atoms with Gasteiger partial charge in [0.15, 0.2) is 5.60 Å². The highest BCUT2D eigenvalue weighted by molar-refractivity contribution is 5.77. The Labute approximate surface area is 76.2 Å². The monoisotopic (exact) mass is 186 g/mol. The molecule has 74 valence electrons. The molecule has 0 heterocycles. The zero-order valence-corrected chi connectivity index (χ0v) is 7.31. The van der Waals surface area contributed by atoms with Crippen LogP contribution in [-0.2, 0) is 4.79 Å². The lowest BCUT2D eigenvalue weighted by molar-refractivity contribution is -0.158. The van der Waals surface area contributed by atoms with E-state index in [1.54, 1.807) is 0 Å². The zero-order valence-electron chi connectivity index (χ0n) is 7.31. The van der Waals surface area contributed by atoms with Crippen LogP contribution in [0.1, 0.15) is 25.7 Å². The predicted octanol–water partition coefficient (Wildman–Crippen LogP) is -0.0170. The second kappa shape index (κ2) is 2.69. The third kappa shape index (κ3) is 1.34. The number of carboxylic acids is 1. The van der Waals surface area contributed by atoms with Crippen LogP contribution in [0, 0.1) is 11.8 Å². The molecule has 0 radical (unpaired) electrons. The summed E-state index contributed by atoms with van der Waals surface area (Å²) < 4.78 is 0. The highest BCUT2D eigenvalue weighted by atomic mass is 16.4. The number of carbonyl (C=O) groups is 1. The van der Waals surface area contributed by atoms with Gasteiger partial charge in [-0.1, -0.05) is 0 Å². The molecule has 4 nitrogen and oxygen atoms in total. The van der Waals surface area contributed by atoms with E-state index in [4.69, 9.17) is 5.11 Å². The normalized spacial score (nSPS) is 37.7. The molecule has 4 heteroatoms. The van der Waals surface area contributed by atoms with Gasteiger partial charge in [-0.2, -0.15) is 0 Å². The van der Waals surface area contributed by atoms with Crippen LogP contribution in [0.4, 0.5) is 0 Å². The molecular formula is C9H14O4. The van der Waals surface area contributed by atoms with Crippen molar-refractivity contribution in [3.05, 3.63) is 0 Å². The van der Waals surface area contributed by atoms with Gasteiger partial charge in [-0.15, -0.1) is 0 Å². The van der Waals surface area contributed by atoms with Crippen molar-refractivity contribution in [3.63, 3.8) is 0 Å². The Morgan fingerprint density at radius 1 is 1.23 bits per heavy atom. The van der Waals surface area contributed by atoms with Gasteiger partial charge < -0.3 is 15.3 Å². The van der Waals surface area contributed by atoms with Crippen LogP contribution in [0.15, 0.2) is 0 Å². The van der Waals surface area contributed by atoms with Crippen LogP contribution >= 0.6 is 0 Å². The zero-order chi connectivity index (χ0) is 9.64. The first-order valence-electron chi connectivity index (χ1n) is 4.65. The molecule has 2 aliphatic carbocycles. The van der Waals surface area contributed by atoms with Crippen molar-refractivity contribution in [2.75, 3.05) is 0 Å². The van der Waals surface area contributed by atoms with Gasteiger partial charge in [-0.25, -0.2) is 4.79 Å². The van der Waals surface area contributed by atoms with Crippen LogP contribution < -0.4 is 0 Å². The minimum Gasteiger partial charge on any atom is -0.479 e. The molecule has 2 atom stereocenters. The summed E-state index contributed by atoms with van der Waals surface area (Å²) in [5.41, 5.74) is -1.52. The van der Waals surface area contributed by atoms with E-state index in [1.165, 1.54) is 0 Å². The summed E-state index contributed by atoms with van der Waals surface area (Å²) in [7, 11) is 0. The Morgan fingerprint density at radius 2 is 1.69 bits per heavy atom. The summed E-state index contributed by atoms with van der Waals surface area (Å²) in [6, 6.07) is 0. The summed E-state index contributed by atoms with van der Waals surface area (Å²) in [4.78, 5) is 10.7. The number of aliphatic hydroxyl groups is 2. The molecule has 0 aromatic heterocycles. The Bertz CT molecular complexity index is 224. The Hall–Kier alpha value is -0.610. The fourth-order valence-electron chi connectivity index (χ4n) is 2.81. The maximum absolute atomic E-state index is 10.7. The number of aliphatic carboxylic acids is 1. The van der Waals surface area contributed by atoms with E-state index in [2.05, 4.69) is 0 Å². The van der Waals surface area contributed by atoms with Gasteiger partial charge in [0.2, 0.25) is 0 Å². The smallest absolute Gasteiger partial charge is 0.335 e. The number of hydrogen-bond acceptors (Lipinski definition) is 3. The van der Waals surface area contributed by atoms with Gasteiger partial charge in [0.1, 0.15) is 0 Å². The van der Waals surface area contributed by atoms with Gasteiger partial charge in [-0.05, 0) is 37.5 Å². The molecule has 2 aliphatic rings. The molecule has 0 aliphatic heterocycles. The van der Waals surface area contributed by atoms with Crippen molar-refractivity contribution in [3.8, 4) is 0 Å². The molecule has 0 bridgehead atoms. The minimum absolute atomic E-state index is 0.205. The third-order valence-corrected chi connectivity index (χ3v) is 3.41. The summed E-state index contributed by atoms with van der Waals surface area (Å²) in [5, 5.41) is 27.8. The van der Waals surface area contributed by atoms with Crippen molar-refractivity contribution >= 4 is 5.97 Å². The molecule has 0 unspecified atom stereocenters. The molecular weight excluding hydrogens is 172 g/mol. The second-order valence-corrected chi connectivity index (χ2v) is 4.39. The van der Waals surface area contributed by atoms with Crippen LogP contribution in [0.25, 0.3) is 0 Å². The summed E-state index contributed by atoms with van der Waals surface area (Å²) >= 11 is 0. The van der Waals surface area contributed by atoms with Crippen molar-refractivity contribution in [2.24, 2.45) is 11.8 Å². The maximum atomic E-state index is 10.7. The van der Waals surface area contributed by atoms with Gasteiger partial charge in [0, 0.05) is 0 Å². The Morgan fingerprint density at radius 3 is 2.08 bits per heavy atom. The van der Waals surface area contributed by atoms with Crippen molar-refractivity contribution in [1.82, 2.24) is 0 Å². The first-order chi connectivity index (χ1) is 6.01. The maximum Gasteiger partial charge on any atom is 0.335 e. The molecule has 2 fully saturated rings. The van der Waals surface area contributed by atoms with Crippen LogP contribution in [-0.4, -0.2) is 33.0 Å². The predicted molar refractivity (Wildman–Crippen MR) is 44.0 cm³/mol. The molecule has 0 spiro atoms. The molecule has 2 saturated carbocycles. The summed E-state index contributed by atoms with van der Waals surface area (Å²) in [6.45, 7) is 0. The number of hydrogen-bond donors (Lipinski definition) is 3. The Balaban J connectivity index is 2.08. The average molecular weight is 186 g/mol. The number of carboxylic acid groups (broad SMARTS) is 1. The minimum atomic E-state index is -1.52. The molecule has 13 heavy (non-hydrogen) atoms. The van der Waals surface area contributed by atoms with Gasteiger partial charge in [-0.3, -0.25) is 0 Å². The topological polar surface area (TPSA) is 77.8 Å². The van der Waals surface area contributed by atoms with E-state index in [0.29, 0.717) is 25.7 Å². The molecule has 0 aromatic carbocycles. The van der Waals surface area contributed by atoms with E-state index in [-0.39, 0.29) is 17.9 Å². The lowest BCUT2D eigenvalue weighted by Crippen LogP contribution is -2.36. The molecule has 2 rings (SSSR count). The molecule has 0 aromatic rings. The fourth-order valence-corrected chi connectivity index (χ4v) is 2.81. The van der Waals surface area contributed by atoms with E-state index in [9.17, 15) is 15.0 Å². The quantitative estimate of drug-likeness (QED) is 0.538. The van der Waals surface area contributed by atoms with E-state index < -0.39 is 11.6 Å². The highest BCUT2D eigenvalue weighted by Crippen LogP contribution is 2.48. The van der Waals surface area contributed by atoms with Crippen molar-refractivity contribution < 1.29 is 20.1 Å². The first-order valence-corrected chi connectivity index (χ1v) is 4.65. The lowest BCUT2D eigenvalue weighted by Gasteiger charge is -2.18. The SMILES string of the molecule is O=C(O)C1(O)C[C@@H]2CC(O)C[C@H]2C1. The number of fused-ring (bicyclic) bond motifs is 1. The van der Waals surface area contributed by atoms with Crippen molar-refractivity contribution in [1.29, 1.82) is 0 Å². The summed E-state index contributed by atoms with van der Waals surface area (Å²) in [5.74, 6) is -0.705. The van der Waals surface area contributed by atoms with E-state index in [1.807, 2.05) is 0 Å². The molecule has 0 saturated heterocycles. The Kier molecular flexibility index (Phi) is 1.85. The van der Waals surface area contributed by atoms with Gasteiger partial charge in [0.25, 0.3) is 0 Å². The first kappa shape index (κ1) is 8.97. The van der Waals surface area contributed by atoms with Crippen molar-refractivity contribution in [2.45, 2.75) is 37.4 Å². The standard InChI is InChI=1S/C9H14O4/c10-7-1-5-3-9(13,8(11)12)4-6(5)2-7/h5-7,10,13H,1-4H2,(H,11,12)/t5-,6-,7?,9?/m0/s1. The second-order valence-electron chi connectivity index (χ2n) is 4.39. The largest absolute Gasteiger partial charge is 0.479 e. The van der Waals surface area contributed by atoms with Crippen LogP contribution in [0.5, 0.6) is 0 Å². The molecule has 3 N–H and O–H groups in total. The molecule has 0 amide bonds. The lowest BCUT2D eigenvalue weighted by atomic mass is 9.98. The summed E-state index contributed by atoms with van der Waals surface area (Å²) in [6.07, 6.45) is 1.64. The fraction of sp³-hybridized carbons (Fsp3) is 0.889. The average Bonchev–Trinajstić information content (AvgIpc) is 2.42. The number of aliphatic hydroxyl groups excluding tert-OH is 1. The van der Waals surface area contributed by atoms with Crippen LogP contribution in [0.3, 0.4) is 0 Å².